The number of nitrogens with one attached hydrogen (secondary N) is 1. The zero-order chi connectivity index (χ0) is 21.8. The smallest absolute Gasteiger partial charge is 0.353 e. The topological polar surface area (TPSA) is 100 Å². The summed E-state index contributed by atoms with van der Waals surface area (Å²) in [7, 11) is 0. The molecule has 160 valence electrons. The minimum atomic E-state index is -0.451. The Hall–Kier alpha value is -3.17. The van der Waals surface area contributed by atoms with Gasteiger partial charge in [-0.1, -0.05) is 29.3 Å². The van der Waals surface area contributed by atoms with Gasteiger partial charge in [-0.15, -0.1) is 0 Å². The summed E-state index contributed by atoms with van der Waals surface area (Å²) in [6, 6.07) is 10.9. The molecule has 0 saturated carbocycles. The highest BCUT2D eigenvalue weighted by Gasteiger charge is 2.29. The zero-order valence-corrected chi connectivity index (χ0v) is 17.9. The first-order valence-corrected chi connectivity index (χ1v) is 10.4. The highest BCUT2D eigenvalue weighted by Crippen LogP contribution is 2.33. The second kappa shape index (κ2) is 9.32. The molecular formula is C20H19Cl2N7O2. The van der Waals surface area contributed by atoms with Crippen molar-refractivity contribution in [2.24, 2.45) is 0 Å². The maximum Gasteiger partial charge on any atom is 0.353 e. The van der Waals surface area contributed by atoms with Crippen molar-refractivity contribution in [1.29, 1.82) is 0 Å². The molecule has 1 saturated heterocycles. The van der Waals surface area contributed by atoms with E-state index >= 15 is 0 Å². The third-order valence-corrected chi connectivity index (χ3v) is 5.36. The van der Waals surface area contributed by atoms with E-state index in [4.69, 9.17) is 23.2 Å². The Bertz CT molecular complexity index is 1060. The van der Waals surface area contributed by atoms with Crippen molar-refractivity contribution in [3.05, 3.63) is 74.6 Å². The number of benzene rings is 1. The first-order valence-electron chi connectivity index (χ1n) is 9.60. The van der Waals surface area contributed by atoms with Crippen LogP contribution in [0.1, 0.15) is 5.56 Å². The number of nitrogens with zero attached hydrogens (tertiary/aromatic N) is 6. The monoisotopic (exact) mass is 459 g/mol. The molecule has 3 aromatic rings. The number of halogens is 2. The number of anilines is 3. The van der Waals surface area contributed by atoms with Gasteiger partial charge in [-0.25, -0.2) is 15.0 Å². The highest BCUT2D eigenvalue weighted by atomic mass is 35.5. The van der Waals surface area contributed by atoms with Crippen LogP contribution in [0.25, 0.3) is 0 Å². The van der Waals surface area contributed by atoms with Crippen LogP contribution in [-0.2, 0) is 6.54 Å². The lowest BCUT2D eigenvalue weighted by Gasteiger charge is -2.35. The summed E-state index contributed by atoms with van der Waals surface area (Å²) in [5.41, 5.74) is 0.637. The molecule has 1 N–H and O–H groups in total. The third-order valence-electron chi connectivity index (χ3n) is 4.92. The van der Waals surface area contributed by atoms with Gasteiger partial charge in [-0.3, -0.25) is 10.1 Å². The molecular weight excluding hydrogens is 441 g/mol. The van der Waals surface area contributed by atoms with E-state index in [1.54, 1.807) is 24.4 Å². The Labute approximate surface area is 188 Å². The molecule has 0 radical (unpaired) electrons. The number of hydrogen-bond donors (Lipinski definition) is 1. The van der Waals surface area contributed by atoms with E-state index in [1.165, 1.54) is 6.33 Å². The molecule has 1 fully saturated rings. The molecule has 1 aliphatic heterocycles. The molecule has 0 unspecified atom stereocenters. The van der Waals surface area contributed by atoms with Crippen molar-refractivity contribution in [1.82, 2.24) is 15.0 Å². The molecule has 0 atom stereocenters. The lowest BCUT2D eigenvalue weighted by Crippen LogP contribution is -2.47. The fraction of sp³-hybridized carbons (Fsp3) is 0.250. The lowest BCUT2D eigenvalue weighted by molar-refractivity contribution is -0.383. The maximum atomic E-state index is 11.9. The van der Waals surface area contributed by atoms with Crippen LogP contribution in [0.5, 0.6) is 0 Å². The van der Waals surface area contributed by atoms with Gasteiger partial charge in [0.05, 0.1) is 4.92 Å². The van der Waals surface area contributed by atoms with Gasteiger partial charge in [-0.2, -0.15) is 0 Å². The Morgan fingerprint density at radius 3 is 2.35 bits per heavy atom. The fourth-order valence-electron chi connectivity index (χ4n) is 3.49. The Morgan fingerprint density at radius 2 is 1.71 bits per heavy atom. The molecule has 2 aromatic heterocycles. The lowest BCUT2D eigenvalue weighted by atomic mass is 10.2. The summed E-state index contributed by atoms with van der Waals surface area (Å²) < 4.78 is 0. The second-order valence-electron chi connectivity index (χ2n) is 6.94. The van der Waals surface area contributed by atoms with E-state index in [2.05, 4.69) is 25.2 Å². The van der Waals surface area contributed by atoms with E-state index in [1.807, 2.05) is 23.1 Å². The quantitative estimate of drug-likeness (QED) is 0.435. The Balaban J connectivity index is 1.51. The number of aromatic nitrogens is 3. The average molecular weight is 460 g/mol. The first-order chi connectivity index (χ1) is 15.0. The van der Waals surface area contributed by atoms with Crippen LogP contribution >= 0.6 is 23.2 Å². The van der Waals surface area contributed by atoms with Crippen molar-refractivity contribution in [3.8, 4) is 0 Å². The third kappa shape index (κ3) is 4.95. The van der Waals surface area contributed by atoms with Gasteiger partial charge >= 0.3 is 5.69 Å². The molecule has 4 rings (SSSR count). The number of pyridine rings is 1. The molecule has 0 aliphatic carbocycles. The van der Waals surface area contributed by atoms with Crippen molar-refractivity contribution in [3.63, 3.8) is 0 Å². The maximum absolute atomic E-state index is 11.9. The molecule has 9 nitrogen and oxygen atoms in total. The normalized spacial score (nSPS) is 13.9. The van der Waals surface area contributed by atoms with Crippen LogP contribution in [-0.4, -0.2) is 46.1 Å². The summed E-state index contributed by atoms with van der Waals surface area (Å²) in [5, 5.41) is 15.9. The van der Waals surface area contributed by atoms with Gasteiger partial charge in [0.15, 0.2) is 0 Å². The van der Waals surface area contributed by atoms with Gasteiger partial charge in [0.25, 0.3) is 0 Å². The van der Waals surface area contributed by atoms with Crippen LogP contribution in [0.2, 0.25) is 10.0 Å². The zero-order valence-electron chi connectivity index (χ0n) is 16.4. The van der Waals surface area contributed by atoms with Crippen LogP contribution in [0.15, 0.2) is 48.9 Å². The predicted molar refractivity (Wildman–Crippen MR) is 121 cm³/mol. The van der Waals surface area contributed by atoms with Gasteiger partial charge in [-0.05, 0) is 35.9 Å². The van der Waals surface area contributed by atoms with E-state index in [-0.39, 0.29) is 18.1 Å². The van der Waals surface area contributed by atoms with Crippen molar-refractivity contribution >= 4 is 46.3 Å². The van der Waals surface area contributed by atoms with Crippen LogP contribution in [0, 0.1) is 10.1 Å². The number of piperazine rings is 1. The molecule has 31 heavy (non-hydrogen) atoms. The minimum absolute atomic E-state index is 0.151. The van der Waals surface area contributed by atoms with E-state index < -0.39 is 4.92 Å². The van der Waals surface area contributed by atoms with Gasteiger partial charge in [0, 0.05) is 49.0 Å². The molecule has 3 heterocycles. The van der Waals surface area contributed by atoms with Crippen LogP contribution < -0.4 is 15.1 Å². The molecule has 0 amide bonds. The van der Waals surface area contributed by atoms with Gasteiger partial charge < -0.3 is 15.1 Å². The van der Waals surface area contributed by atoms with Crippen molar-refractivity contribution < 1.29 is 4.92 Å². The van der Waals surface area contributed by atoms with Crippen LogP contribution in [0.3, 0.4) is 0 Å². The number of nitro groups is 1. The molecule has 0 spiro atoms. The Kier molecular flexibility index (Phi) is 6.34. The number of rotatable bonds is 6. The largest absolute Gasteiger partial charge is 0.360 e. The van der Waals surface area contributed by atoms with E-state index in [9.17, 15) is 10.1 Å². The predicted octanol–water partition coefficient (Wildman–Crippen LogP) is 4.03. The summed E-state index contributed by atoms with van der Waals surface area (Å²) in [5.74, 6) is 1.34. The van der Waals surface area contributed by atoms with Crippen molar-refractivity contribution in [2.75, 3.05) is 41.3 Å². The summed E-state index contributed by atoms with van der Waals surface area (Å²) in [4.78, 5) is 28.2. The second-order valence-corrected chi connectivity index (χ2v) is 7.82. The van der Waals surface area contributed by atoms with Crippen LogP contribution in [0.4, 0.5) is 23.1 Å². The van der Waals surface area contributed by atoms with Crippen molar-refractivity contribution in [2.45, 2.75) is 6.54 Å². The van der Waals surface area contributed by atoms with Gasteiger partial charge in [0.1, 0.15) is 12.1 Å². The first kappa shape index (κ1) is 21.1. The number of hydrogen-bond acceptors (Lipinski definition) is 8. The summed E-state index contributed by atoms with van der Waals surface area (Å²) in [6.07, 6.45) is 3.09. The highest BCUT2D eigenvalue weighted by molar-refractivity contribution is 6.34. The summed E-state index contributed by atoms with van der Waals surface area (Å²) >= 11 is 12.1. The minimum Gasteiger partial charge on any atom is -0.360 e. The molecule has 0 bridgehead atoms. The SMILES string of the molecule is O=[N+]([O-])c1c(NCc2cc(Cl)cc(Cl)c2)ncnc1N1CCN(c2ccccn2)CC1. The average Bonchev–Trinajstić information content (AvgIpc) is 2.77. The standard InChI is InChI=1S/C20H19Cl2N7O2/c21-15-9-14(10-16(22)11-15)12-24-19-18(29(30)31)20(26-13-25-19)28-7-5-27(6-8-28)17-3-1-2-4-23-17/h1-4,9-11,13H,5-8,12H2,(H,24,25,26). The molecule has 11 heteroatoms. The van der Waals surface area contributed by atoms with Gasteiger partial charge in [0.2, 0.25) is 11.6 Å². The fourth-order valence-corrected chi connectivity index (χ4v) is 4.06. The molecule has 1 aromatic carbocycles. The Morgan fingerprint density at radius 1 is 1.00 bits per heavy atom. The van der Waals surface area contributed by atoms with E-state index in [0.717, 1.165) is 11.4 Å². The van der Waals surface area contributed by atoms with E-state index in [0.29, 0.717) is 42.0 Å². The molecule has 1 aliphatic rings. The summed E-state index contributed by atoms with van der Waals surface area (Å²) in [6.45, 7) is 2.81.